The number of carbonyl (C=O) groups excluding carboxylic acids is 1. The molecule has 0 radical (unpaired) electrons. The Morgan fingerprint density at radius 1 is 1.15 bits per heavy atom. The van der Waals surface area contributed by atoms with Crippen LogP contribution in [0.25, 0.3) is 5.69 Å². The second-order valence-corrected chi connectivity index (χ2v) is 6.88. The van der Waals surface area contributed by atoms with Crippen LogP contribution >= 0.6 is 11.8 Å². The molecule has 3 rings (SSSR count). The van der Waals surface area contributed by atoms with Gasteiger partial charge in [-0.05, 0) is 53.5 Å². The molecule has 7 heteroatoms. The SMILES string of the molecule is Cc1cccc(-n2nnnc2SCC(=O)NCCCc2ccccc2)c1. The normalized spacial score (nSPS) is 10.7. The second-order valence-electron chi connectivity index (χ2n) is 5.94. The molecule has 0 aliphatic heterocycles. The Morgan fingerprint density at radius 3 is 2.81 bits per heavy atom. The molecule has 1 aromatic heterocycles. The van der Waals surface area contributed by atoms with Crippen LogP contribution in [0, 0.1) is 6.92 Å². The molecule has 1 amide bonds. The third-order valence-electron chi connectivity index (χ3n) is 3.83. The van der Waals surface area contributed by atoms with E-state index in [1.165, 1.54) is 17.3 Å². The fraction of sp³-hybridized carbons (Fsp3) is 0.263. The first-order chi connectivity index (χ1) is 12.7. The molecule has 0 atom stereocenters. The number of carbonyl (C=O) groups is 1. The van der Waals surface area contributed by atoms with Gasteiger partial charge in [0.1, 0.15) is 0 Å². The molecule has 0 unspecified atom stereocenters. The van der Waals surface area contributed by atoms with Gasteiger partial charge in [0.2, 0.25) is 11.1 Å². The van der Waals surface area contributed by atoms with Crippen LogP contribution in [-0.2, 0) is 11.2 Å². The van der Waals surface area contributed by atoms with Crippen molar-refractivity contribution in [3.63, 3.8) is 0 Å². The minimum absolute atomic E-state index is 0.0122. The number of benzene rings is 2. The van der Waals surface area contributed by atoms with Crippen LogP contribution in [0.3, 0.4) is 0 Å². The number of aromatic nitrogens is 4. The number of rotatable bonds is 8. The quantitative estimate of drug-likeness (QED) is 0.490. The van der Waals surface area contributed by atoms with Crippen molar-refractivity contribution < 1.29 is 4.79 Å². The third kappa shape index (κ3) is 5.16. The summed E-state index contributed by atoms with van der Waals surface area (Å²) < 4.78 is 1.65. The summed E-state index contributed by atoms with van der Waals surface area (Å²) >= 11 is 1.33. The van der Waals surface area contributed by atoms with E-state index in [-0.39, 0.29) is 11.7 Å². The highest BCUT2D eigenvalue weighted by molar-refractivity contribution is 7.99. The van der Waals surface area contributed by atoms with Crippen molar-refractivity contribution in [2.45, 2.75) is 24.9 Å². The average molecular weight is 367 g/mol. The third-order valence-corrected chi connectivity index (χ3v) is 4.75. The zero-order chi connectivity index (χ0) is 18.2. The molecule has 6 nitrogen and oxygen atoms in total. The summed E-state index contributed by atoms with van der Waals surface area (Å²) in [6.07, 6.45) is 1.88. The maximum absolute atomic E-state index is 12.0. The smallest absolute Gasteiger partial charge is 0.230 e. The maximum atomic E-state index is 12.0. The molecule has 0 saturated carbocycles. The van der Waals surface area contributed by atoms with Crippen molar-refractivity contribution in [2.24, 2.45) is 0 Å². The van der Waals surface area contributed by atoms with E-state index in [1.807, 2.05) is 49.4 Å². The van der Waals surface area contributed by atoms with Gasteiger partial charge in [0.15, 0.2) is 0 Å². The standard InChI is InChI=1S/C19H21N5OS/c1-15-7-5-11-17(13-15)24-19(21-22-23-24)26-14-18(25)20-12-6-10-16-8-3-2-4-9-16/h2-5,7-9,11,13H,6,10,12,14H2,1H3,(H,20,25). The predicted octanol–water partition coefficient (Wildman–Crippen LogP) is 2.81. The van der Waals surface area contributed by atoms with Crippen molar-refractivity contribution in [1.29, 1.82) is 0 Å². The summed E-state index contributed by atoms with van der Waals surface area (Å²) in [6.45, 7) is 2.68. The fourth-order valence-corrected chi connectivity index (χ4v) is 3.26. The summed E-state index contributed by atoms with van der Waals surface area (Å²) in [5, 5.41) is 15.3. The molecular weight excluding hydrogens is 346 g/mol. The summed E-state index contributed by atoms with van der Waals surface area (Å²) in [5.74, 6) is 0.277. The number of nitrogens with one attached hydrogen (secondary N) is 1. The number of hydrogen-bond donors (Lipinski definition) is 1. The van der Waals surface area contributed by atoms with E-state index in [9.17, 15) is 4.79 Å². The lowest BCUT2D eigenvalue weighted by atomic mass is 10.1. The Hall–Kier alpha value is -2.67. The van der Waals surface area contributed by atoms with Crippen LogP contribution in [0.4, 0.5) is 0 Å². The lowest BCUT2D eigenvalue weighted by Crippen LogP contribution is -2.26. The molecule has 0 aliphatic carbocycles. The Kier molecular flexibility index (Phi) is 6.38. The largest absolute Gasteiger partial charge is 0.355 e. The topological polar surface area (TPSA) is 72.7 Å². The van der Waals surface area contributed by atoms with Gasteiger partial charge in [-0.15, -0.1) is 5.10 Å². The van der Waals surface area contributed by atoms with E-state index in [0.29, 0.717) is 11.7 Å². The van der Waals surface area contributed by atoms with Gasteiger partial charge in [-0.3, -0.25) is 4.79 Å². The van der Waals surface area contributed by atoms with Crippen molar-refractivity contribution in [1.82, 2.24) is 25.5 Å². The van der Waals surface area contributed by atoms with E-state index >= 15 is 0 Å². The first kappa shape index (κ1) is 18.1. The first-order valence-corrected chi connectivity index (χ1v) is 9.50. The molecule has 134 valence electrons. The molecule has 3 aromatic rings. The molecular formula is C19H21N5OS. The highest BCUT2D eigenvalue weighted by atomic mass is 32.2. The molecule has 1 N–H and O–H groups in total. The number of thioether (sulfide) groups is 1. The van der Waals surface area contributed by atoms with Gasteiger partial charge in [0, 0.05) is 6.54 Å². The maximum Gasteiger partial charge on any atom is 0.230 e. The number of aryl methyl sites for hydroxylation is 2. The highest BCUT2D eigenvalue weighted by Gasteiger charge is 2.11. The summed E-state index contributed by atoms with van der Waals surface area (Å²) in [5.41, 5.74) is 3.30. The molecule has 2 aromatic carbocycles. The van der Waals surface area contributed by atoms with Crippen LogP contribution in [0.15, 0.2) is 59.8 Å². The van der Waals surface area contributed by atoms with Crippen LogP contribution in [0.5, 0.6) is 0 Å². The summed E-state index contributed by atoms with van der Waals surface area (Å²) in [7, 11) is 0. The highest BCUT2D eigenvalue weighted by Crippen LogP contribution is 2.18. The van der Waals surface area contributed by atoms with Crippen molar-refractivity contribution >= 4 is 17.7 Å². The van der Waals surface area contributed by atoms with Gasteiger partial charge in [-0.1, -0.05) is 54.2 Å². The fourth-order valence-electron chi connectivity index (χ4n) is 2.54. The van der Waals surface area contributed by atoms with E-state index in [4.69, 9.17) is 0 Å². The van der Waals surface area contributed by atoms with Gasteiger partial charge >= 0.3 is 0 Å². The lowest BCUT2D eigenvalue weighted by molar-refractivity contribution is -0.118. The van der Waals surface area contributed by atoms with Gasteiger partial charge in [-0.2, -0.15) is 4.68 Å². The minimum Gasteiger partial charge on any atom is -0.355 e. The van der Waals surface area contributed by atoms with E-state index < -0.39 is 0 Å². The van der Waals surface area contributed by atoms with Crippen LogP contribution in [0.2, 0.25) is 0 Å². The monoisotopic (exact) mass is 367 g/mol. The Bertz CT molecular complexity index is 850. The molecule has 0 bridgehead atoms. The zero-order valence-electron chi connectivity index (χ0n) is 14.6. The molecule has 0 spiro atoms. The Morgan fingerprint density at radius 2 is 2.00 bits per heavy atom. The Balaban J connectivity index is 1.44. The van der Waals surface area contributed by atoms with Crippen LogP contribution < -0.4 is 5.32 Å². The number of hydrogen-bond acceptors (Lipinski definition) is 5. The molecule has 1 heterocycles. The van der Waals surface area contributed by atoms with E-state index in [2.05, 4.69) is 33.0 Å². The second kappa shape index (κ2) is 9.15. The first-order valence-electron chi connectivity index (χ1n) is 8.51. The zero-order valence-corrected chi connectivity index (χ0v) is 15.4. The Labute approximate surface area is 157 Å². The van der Waals surface area contributed by atoms with Crippen molar-refractivity contribution in [3.8, 4) is 5.69 Å². The van der Waals surface area contributed by atoms with Gasteiger partial charge in [0.05, 0.1) is 11.4 Å². The molecule has 0 saturated heterocycles. The number of amides is 1. The van der Waals surface area contributed by atoms with E-state index in [1.54, 1.807) is 4.68 Å². The van der Waals surface area contributed by atoms with Crippen LogP contribution in [0.1, 0.15) is 17.5 Å². The van der Waals surface area contributed by atoms with E-state index in [0.717, 1.165) is 24.1 Å². The van der Waals surface area contributed by atoms with Crippen molar-refractivity contribution in [2.75, 3.05) is 12.3 Å². The van der Waals surface area contributed by atoms with Gasteiger partial charge < -0.3 is 5.32 Å². The minimum atomic E-state index is -0.0122. The van der Waals surface area contributed by atoms with Crippen molar-refractivity contribution in [3.05, 3.63) is 65.7 Å². The molecule has 0 aliphatic rings. The summed E-state index contributed by atoms with van der Waals surface area (Å²) in [4.78, 5) is 12.0. The molecule has 26 heavy (non-hydrogen) atoms. The average Bonchev–Trinajstić information content (AvgIpc) is 3.13. The lowest BCUT2D eigenvalue weighted by Gasteiger charge is -2.06. The van der Waals surface area contributed by atoms with Gasteiger partial charge in [-0.25, -0.2) is 0 Å². The number of tetrazole rings is 1. The summed E-state index contributed by atoms with van der Waals surface area (Å²) in [6, 6.07) is 18.2. The predicted molar refractivity (Wildman–Crippen MR) is 102 cm³/mol. The van der Waals surface area contributed by atoms with Gasteiger partial charge in [0.25, 0.3) is 0 Å². The number of nitrogens with zero attached hydrogens (tertiary/aromatic N) is 4. The molecule has 0 fully saturated rings. The van der Waals surface area contributed by atoms with Crippen LogP contribution in [-0.4, -0.2) is 38.4 Å².